The van der Waals surface area contributed by atoms with Crippen molar-refractivity contribution in [2.24, 2.45) is 0 Å². The molecule has 1 aliphatic rings. The summed E-state index contributed by atoms with van der Waals surface area (Å²) in [5.41, 5.74) is -0.186. The highest BCUT2D eigenvalue weighted by Gasteiger charge is 2.36. The van der Waals surface area contributed by atoms with Crippen LogP contribution in [0, 0.1) is 34.0 Å². The maximum atomic E-state index is 13.4. The Morgan fingerprint density at radius 3 is 2.16 bits per heavy atom. The Hall–Kier alpha value is -5.41. The van der Waals surface area contributed by atoms with Crippen molar-refractivity contribution in [1.29, 1.82) is 15.8 Å². The minimum atomic E-state index is -5.26. The second kappa shape index (κ2) is 19.7. The molecule has 0 radical (unpaired) electrons. The van der Waals surface area contributed by atoms with Gasteiger partial charge in [-0.05, 0) is 75.2 Å². The topological polar surface area (TPSA) is 110 Å². The second-order valence-electron chi connectivity index (χ2n) is 11.6. The monoisotopic (exact) mass is 712 g/mol. The minimum absolute atomic E-state index is 0.0220. The molecule has 1 aromatic carbocycles. The standard InChI is InChI=1S/C40H39F3N4O3S/c1-5-7-22-47(23-8-6-2)32-16-14-30(37(24-32)49-39(48)28(3)4)15-17-33-18-19-34(51-33)20-21-35(29-12-10-9-11-13-29)36(27-46)38(31(25-44)26-45)50-40(41,42)43/h9-15,17-21,24,32H,3,5-8,16,22-23H2,1-2,4H3/b17-15+,21-20+,36-35-. The van der Waals surface area contributed by atoms with E-state index in [9.17, 15) is 33.8 Å². The fourth-order valence-electron chi connectivity index (χ4n) is 5.07. The normalized spacial score (nSPS) is 14.9. The van der Waals surface area contributed by atoms with Gasteiger partial charge in [-0.3, -0.25) is 4.90 Å². The molecule has 0 N–H and O–H groups in total. The number of allylic oxidation sites excluding steroid dienone is 5. The van der Waals surface area contributed by atoms with E-state index in [1.807, 2.05) is 24.3 Å². The van der Waals surface area contributed by atoms with Crippen LogP contribution in [0.5, 0.6) is 0 Å². The van der Waals surface area contributed by atoms with Crippen LogP contribution in [0.25, 0.3) is 17.7 Å². The van der Waals surface area contributed by atoms with Crippen LogP contribution in [-0.2, 0) is 14.3 Å². The van der Waals surface area contributed by atoms with Gasteiger partial charge in [-0.15, -0.1) is 24.5 Å². The van der Waals surface area contributed by atoms with E-state index in [1.165, 1.54) is 29.6 Å². The average molecular weight is 713 g/mol. The van der Waals surface area contributed by atoms with Gasteiger partial charge in [0.25, 0.3) is 0 Å². The van der Waals surface area contributed by atoms with E-state index >= 15 is 0 Å². The number of carbonyl (C=O) groups is 1. The SMILES string of the molecule is C=C(C)C(=O)OC1=CC(N(CCCC)CCCC)CC=C1/C=C/c1ccc(/C=C/C(=C(\C#N)C(OC(F)(F)F)=C(C#N)C#N)c2ccccc2)s1. The number of esters is 1. The summed E-state index contributed by atoms with van der Waals surface area (Å²) in [6.07, 6.45) is 10.7. The molecule has 0 saturated carbocycles. The molecular formula is C40H39F3N4O3S. The quantitative estimate of drug-likeness (QED) is 0.0560. The van der Waals surface area contributed by atoms with Crippen molar-refractivity contribution >= 4 is 35.0 Å². The molecule has 11 heteroatoms. The fourth-order valence-corrected chi connectivity index (χ4v) is 5.88. The fraction of sp³-hybridized carbons (Fsp3) is 0.300. The molecule has 0 amide bonds. The molecule has 0 spiro atoms. The number of alkyl halides is 3. The molecule has 2 aromatic rings. The molecule has 3 rings (SSSR count). The predicted molar refractivity (Wildman–Crippen MR) is 194 cm³/mol. The number of carbonyl (C=O) groups excluding carboxylic acids is 1. The summed E-state index contributed by atoms with van der Waals surface area (Å²) in [7, 11) is 0. The number of benzene rings is 1. The molecule has 264 valence electrons. The van der Waals surface area contributed by atoms with Gasteiger partial charge < -0.3 is 9.47 Å². The molecule has 0 aliphatic heterocycles. The van der Waals surface area contributed by atoms with Gasteiger partial charge in [0.05, 0.1) is 0 Å². The summed E-state index contributed by atoms with van der Waals surface area (Å²) in [6.45, 7) is 11.5. The Bertz CT molecular complexity index is 1850. The van der Waals surface area contributed by atoms with Crippen LogP contribution in [-0.4, -0.2) is 36.4 Å². The van der Waals surface area contributed by atoms with E-state index in [2.05, 4.69) is 36.1 Å². The lowest BCUT2D eigenvalue weighted by Gasteiger charge is -2.32. The lowest BCUT2D eigenvalue weighted by molar-refractivity contribution is -0.303. The zero-order valence-electron chi connectivity index (χ0n) is 28.8. The van der Waals surface area contributed by atoms with Gasteiger partial charge in [0.1, 0.15) is 29.5 Å². The van der Waals surface area contributed by atoms with Gasteiger partial charge in [0.15, 0.2) is 11.3 Å². The first-order valence-electron chi connectivity index (χ1n) is 16.4. The lowest BCUT2D eigenvalue weighted by Crippen LogP contribution is -2.37. The molecule has 0 saturated heterocycles. The van der Waals surface area contributed by atoms with E-state index in [4.69, 9.17) is 4.74 Å². The van der Waals surface area contributed by atoms with Gasteiger partial charge in [-0.2, -0.15) is 15.8 Å². The first-order chi connectivity index (χ1) is 24.4. The van der Waals surface area contributed by atoms with E-state index in [0.29, 0.717) is 16.2 Å². The Morgan fingerprint density at radius 2 is 1.61 bits per heavy atom. The van der Waals surface area contributed by atoms with Crippen molar-refractivity contribution in [3.8, 4) is 18.2 Å². The molecule has 7 nitrogen and oxygen atoms in total. The maximum absolute atomic E-state index is 13.4. The van der Waals surface area contributed by atoms with E-state index in [-0.39, 0.29) is 17.2 Å². The largest absolute Gasteiger partial charge is 0.573 e. The van der Waals surface area contributed by atoms with Crippen molar-refractivity contribution in [2.45, 2.75) is 65.3 Å². The van der Waals surface area contributed by atoms with Crippen LogP contribution in [0.3, 0.4) is 0 Å². The first-order valence-corrected chi connectivity index (χ1v) is 17.3. The van der Waals surface area contributed by atoms with Gasteiger partial charge in [0.2, 0.25) is 0 Å². The minimum Gasteiger partial charge on any atom is -0.423 e. The zero-order valence-corrected chi connectivity index (χ0v) is 29.6. The summed E-state index contributed by atoms with van der Waals surface area (Å²) in [5, 5.41) is 28.7. The molecular weight excluding hydrogens is 674 g/mol. The number of ether oxygens (including phenoxy) is 2. The highest BCUT2D eigenvalue weighted by atomic mass is 32.1. The number of hydrogen-bond donors (Lipinski definition) is 0. The number of rotatable bonds is 16. The number of nitriles is 3. The first kappa shape index (κ1) is 40.0. The summed E-state index contributed by atoms with van der Waals surface area (Å²) in [6, 6.07) is 16.4. The van der Waals surface area contributed by atoms with Crippen molar-refractivity contribution in [1.82, 2.24) is 4.90 Å². The summed E-state index contributed by atoms with van der Waals surface area (Å²) < 4.78 is 49.9. The number of nitrogens with zero attached hydrogens (tertiary/aromatic N) is 4. The van der Waals surface area contributed by atoms with Crippen LogP contribution < -0.4 is 0 Å². The Kier molecular flexibility index (Phi) is 15.5. The van der Waals surface area contributed by atoms with E-state index < -0.39 is 29.2 Å². The predicted octanol–water partition coefficient (Wildman–Crippen LogP) is 10.2. The maximum Gasteiger partial charge on any atom is 0.573 e. The van der Waals surface area contributed by atoms with Crippen LogP contribution in [0.1, 0.15) is 68.2 Å². The Balaban J connectivity index is 1.98. The molecule has 1 aliphatic carbocycles. The van der Waals surface area contributed by atoms with Gasteiger partial charge >= 0.3 is 12.3 Å². The van der Waals surface area contributed by atoms with Crippen LogP contribution >= 0.6 is 11.3 Å². The van der Waals surface area contributed by atoms with Gasteiger partial charge in [-0.1, -0.05) is 81.8 Å². The number of halogens is 3. The lowest BCUT2D eigenvalue weighted by atomic mass is 9.97. The third-order valence-electron chi connectivity index (χ3n) is 7.68. The number of thiophene rings is 1. The molecule has 1 unspecified atom stereocenters. The summed E-state index contributed by atoms with van der Waals surface area (Å²) in [5.74, 6) is -1.22. The van der Waals surface area contributed by atoms with Crippen LogP contribution in [0.2, 0.25) is 0 Å². The Labute approximate surface area is 301 Å². The molecule has 1 heterocycles. The van der Waals surface area contributed by atoms with Crippen molar-refractivity contribution in [2.75, 3.05) is 13.1 Å². The number of unbranched alkanes of at least 4 members (excludes halogenated alkanes) is 2. The molecule has 0 bridgehead atoms. The van der Waals surface area contributed by atoms with E-state index in [0.717, 1.165) is 55.6 Å². The van der Waals surface area contributed by atoms with Crippen LogP contribution in [0.15, 0.2) is 107 Å². The van der Waals surface area contributed by atoms with Crippen molar-refractivity contribution in [3.05, 3.63) is 122 Å². The zero-order chi connectivity index (χ0) is 37.4. The highest BCUT2D eigenvalue weighted by molar-refractivity contribution is 7.13. The summed E-state index contributed by atoms with van der Waals surface area (Å²) in [4.78, 5) is 16.5. The third kappa shape index (κ3) is 12.2. The smallest absolute Gasteiger partial charge is 0.423 e. The van der Waals surface area contributed by atoms with E-state index in [1.54, 1.807) is 55.5 Å². The summed E-state index contributed by atoms with van der Waals surface area (Å²) >= 11 is 1.37. The highest BCUT2D eigenvalue weighted by Crippen LogP contribution is 2.33. The molecule has 1 atom stereocenters. The Morgan fingerprint density at radius 1 is 0.980 bits per heavy atom. The van der Waals surface area contributed by atoms with Gasteiger partial charge in [-0.25, -0.2) is 4.79 Å². The van der Waals surface area contributed by atoms with Crippen molar-refractivity contribution in [3.63, 3.8) is 0 Å². The molecule has 51 heavy (non-hydrogen) atoms. The second-order valence-corrected chi connectivity index (χ2v) is 12.7. The third-order valence-corrected chi connectivity index (χ3v) is 8.69. The average Bonchev–Trinajstić information content (AvgIpc) is 3.57. The van der Waals surface area contributed by atoms with Crippen molar-refractivity contribution < 1.29 is 27.4 Å². The van der Waals surface area contributed by atoms with Gasteiger partial charge in [0, 0.05) is 32.5 Å². The van der Waals surface area contributed by atoms with Crippen LogP contribution in [0.4, 0.5) is 13.2 Å². The number of hydrogen-bond acceptors (Lipinski definition) is 8. The molecule has 1 aromatic heterocycles. The molecule has 0 fully saturated rings.